The Hall–Kier alpha value is -3.32. The maximum absolute atomic E-state index is 13.9. The third-order valence-electron chi connectivity index (χ3n) is 4.19. The summed E-state index contributed by atoms with van der Waals surface area (Å²) in [5.74, 6) is -2.18. The van der Waals surface area contributed by atoms with E-state index >= 15 is 0 Å². The molecule has 0 amide bonds. The first-order valence-corrected chi connectivity index (χ1v) is 9.82. The molecule has 0 radical (unpaired) electrons. The van der Waals surface area contributed by atoms with E-state index in [4.69, 9.17) is 0 Å². The first kappa shape index (κ1) is 18.1. The van der Waals surface area contributed by atoms with Crippen molar-refractivity contribution in [1.82, 2.24) is 8.96 Å². The fraction of sp³-hybridized carbons (Fsp3) is 0. The molecule has 4 aromatic rings. The molecular weight excluding hydrogens is 382 g/mol. The Bertz CT molecular complexity index is 1280. The number of aromatic nitrogens is 2. The van der Waals surface area contributed by atoms with E-state index in [1.165, 1.54) is 18.2 Å². The SMILES string of the molecule is O=S(=O)(c1ccccc1)n1c(/C=C/c2ccccc2)nc2cc(F)c(F)cc21. The summed E-state index contributed by atoms with van der Waals surface area (Å²) in [6, 6.07) is 18.7. The fourth-order valence-corrected chi connectivity index (χ4v) is 4.33. The molecular formula is C21H14F2N2O2S. The lowest BCUT2D eigenvalue weighted by molar-refractivity contribution is 0.510. The van der Waals surface area contributed by atoms with E-state index in [2.05, 4.69) is 4.98 Å². The zero-order valence-electron chi connectivity index (χ0n) is 14.5. The van der Waals surface area contributed by atoms with Crippen molar-refractivity contribution in [3.8, 4) is 0 Å². The van der Waals surface area contributed by atoms with E-state index in [1.807, 2.05) is 30.3 Å². The van der Waals surface area contributed by atoms with Crippen LogP contribution in [0.2, 0.25) is 0 Å². The highest BCUT2D eigenvalue weighted by Gasteiger charge is 2.24. The molecule has 0 aliphatic rings. The van der Waals surface area contributed by atoms with Crippen LogP contribution < -0.4 is 0 Å². The lowest BCUT2D eigenvalue weighted by Gasteiger charge is -2.09. The van der Waals surface area contributed by atoms with E-state index in [0.717, 1.165) is 21.7 Å². The first-order chi connectivity index (χ1) is 13.5. The van der Waals surface area contributed by atoms with Gasteiger partial charge in [-0.05, 0) is 23.8 Å². The van der Waals surface area contributed by atoms with Crippen LogP contribution in [0.3, 0.4) is 0 Å². The van der Waals surface area contributed by atoms with E-state index < -0.39 is 21.7 Å². The number of imidazole rings is 1. The molecule has 4 nitrogen and oxygen atoms in total. The molecule has 0 unspecified atom stereocenters. The number of benzene rings is 3. The van der Waals surface area contributed by atoms with Crippen molar-refractivity contribution in [2.45, 2.75) is 4.90 Å². The molecule has 4 rings (SSSR count). The van der Waals surface area contributed by atoms with Crippen molar-refractivity contribution in [3.05, 3.63) is 95.8 Å². The predicted molar refractivity (Wildman–Crippen MR) is 104 cm³/mol. The molecule has 0 fully saturated rings. The van der Waals surface area contributed by atoms with Crippen LogP contribution in [0.25, 0.3) is 23.2 Å². The molecule has 0 aliphatic carbocycles. The van der Waals surface area contributed by atoms with Crippen LogP contribution in [-0.2, 0) is 10.0 Å². The van der Waals surface area contributed by atoms with Crippen LogP contribution in [0.15, 0.2) is 77.7 Å². The summed E-state index contributed by atoms with van der Waals surface area (Å²) in [6.45, 7) is 0. The minimum absolute atomic E-state index is 0.0217. The van der Waals surface area contributed by atoms with E-state index in [-0.39, 0.29) is 21.8 Å². The third-order valence-corrected chi connectivity index (χ3v) is 5.92. The summed E-state index contributed by atoms with van der Waals surface area (Å²) in [5, 5.41) is 0. The summed E-state index contributed by atoms with van der Waals surface area (Å²) in [4.78, 5) is 4.23. The molecule has 7 heteroatoms. The van der Waals surface area contributed by atoms with Gasteiger partial charge < -0.3 is 0 Å². The van der Waals surface area contributed by atoms with Crippen LogP contribution in [-0.4, -0.2) is 17.4 Å². The highest BCUT2D eigenvalue weighted by atomic mass is 32.2. The van der Waals surface area contributed by atoms with Gasteiger partial charge >= 0.3 is 0 Å². The Morgan fingerprint density at radius 3 is 2.11 bits per heavy atom. The monoisotopic (exact) mass is 396 g/mol. The summed E-state index contributed by atoms with van der Waals surface area (Å²) < 4.78 is 54.9. The summed E-state index contributed by atoms with van der Waals surface area (Å²) in [5.41, 5.74) is 0.845. The maximum atomic E-state index is 13.9. The van der Waals surface area contributed by atoms with Gasteiger partial charge in [-0.25, -0.2) is 26.2 Å². The molecule has 1 heterocycles. The van der Waals surface area contributed by atoms with Crippen molar-refractivity contribution in [2.24, 2.45) is 0 Å². The second-order valence-electron chi connectivity index (χ2n) is 6.05. The number of hydrogen-bond acceptors (Lipinski definition) is 3. The topological polar surface area (TPSA) is 52.0 Å². The maximum Gasteiger partial charge on any atom is 0.269 e. The van der Waals surface area contributed by atoms with Crippen molar-refractivity contribution in [3.63, 3.8) is 0 Å². The second kappa shape index (κ2) is 7.01. The minimum Gasteiger partial charge on any atom is -0.228 e. The van der Waals surface area contributed by atoms with E-state index in [0.29, 0.717) is 0 Å². The smallest absolute Gasteiger partial charge is 0.228 e. The van der Waals surface area contributed by atoms with Crippen molar-refractivity contribution >= 4 is 33.2 Å². The Morgan fingerprint density at radius 2 is 1.43 bits per heavy atom. The van der Waals surface area contributed by atoms with Gasteiger partial charge in [-0.15, -0.1) is 0 Å². The van der Waals surface area contributed by atoms with Crippen molar-refractivity contribution in [2.75, 3.05) is 0 Å². The average Bonchev–Trinajstić information content (AvgIpc) is 3.06. The van der Waals surface area contributed by atoms with Gasteiger partial charge in [-0.2, -0.15) is 0 Å². The molecule has 1 aromatic heterocycles. The second-order valence-corrected chi connectivity index (χ2v) is 7.84. The van der Waals surface area contributed by atoms with Crippen LogP contribution in [0.1, 0.15) is 11.4 Å². The molecule has 0 saturated heterocycles. The summed E-state index contributed by atoms with van der Waals surface area (Å²) in [6.07, 6.45) is 3.19. The predicted octanol–water partition coefficient (Wildman–Crippen LogP) is 4.72. The van der Waals surface area contributed by atoms with Gasteiger partial charge in [0.05, 0.1) is 15.9 Å². The minimum atomic E-state index is -4.07. The molecule has 0 aliphatic heterocycles. The molecule has 0 atom stereocenters. The molecule has 0 saturated carbocycles. The lowest BCUT2D eigenvalue weighted by Crippen LogP contribution is -2.14. The number of fused-ring (bicyclic) bond motifs is 1. The summed E-state index contributed by atoms with van der Waals surface area (Å²) in [7, 11) is -4.07. The first-order valence-electron chi connectivity index (χ1n) is 8.38. The van der Waals surface area contributed by atoms with Gasteiger partial charge in [0.1, 0.15) is 5.82 Å². The molecule has 0 bridgehead atoms. The Kier molecular flexibility index (Phi) is 4.52. The molecule has 140 valence electrons. The average molecular weight is 396 g/mol. The largest absolute Gasteiger partial charge is 0.269 e. The van der Waals surface area contributed by atoms with Gasteiger partial charge in [-0.3, -0.25) is 0 Å². The van der Waals surface area contributed by atoms with Crippen molar-refractivity contribution < 1.29 is 17.2 Å². The Balaban J connectivity index is 1.97. The van der Waals surface area contributed by atoms with Gasteiger partial charge in [0.2, 0.25) is 0 Å². The van der Waals surface area contributed by atoms with Crippen LogP contribution in [0.4, 0.5) is 8.78 Å². The number of hydrogen-bond donors (Lipinski definition) is 0. The van der Waals surface area contributed by atoms with Gasteiger partial charge in [0.15, 0.2) is 11.6 Å². The molecule has 28 heavy (non-hydrogen) atoms. The quantitative estimate of drug-likeness (QED) is 0.501. The van der Waals surface area contributed by atoms with Crippen LogP contribution >= 0.6 is 0 Å². The normalized spacial score (nSPS) is 12.1. The van der Waals surface area contributed by atoms with Crippen LogP contribution in [0, 0.1) is 11.6 Å². The lowest BCUT2D eigenvalue weighted by atomic mass is 10.2. The highest BCUT2D eigenvalue weighted by molar-refractivity contribution is 7.90. The highest BCUT2D eigenvalue weighted by Crippen LogP contribution is 2.26. The molecule has 3 aromatic carbocycles. The zero-order chi connectivity index (χ0) is 19.7. The Morgan fingerprint density at radius 1 is 0.821 bits per heavy atom. The number of nitrogens with zero attached hydrogens (tertiary/aromatic N) is 2. The van der Waals surface area contributed by atoms with Gasteiger partial charge in [-0.1, -0.05) is 54.6 Å². The van der Waals surface area contributed by atoms with Gasteiger partial charge in [0, 0.05) is 12.1 Å². The van der Waals surface area contributed by atoms with Crippen LogP contribution in [0.5, 0.6) is 0 Å². The summed E-state index contributed by atoms with van der Waals surface area (Å²) >= 11 is 0. The standard InChI is InChI=1S/C21H14F2N2O2S/c22-17-13-19-20(14-18(17)23)25(28(26,27)16-9-5-2-6-10-16)21(24-19)12-11-15-7-3-1-4-8-15/h1-14H/b12-11+. The third kappa shape index (κ3) is 3.20. The van der Waals surface area contributed by atoms with E-state index in [9.17, 15) is 17.2 Å². The number of rotatable bonds is 4. The zero-order valence-corrected chi connectivity index (χ0v) is 15.3. The fourth-order valence-electron chi connectivity index (χ4n) is 2.86. The number of halogens is 2. The molecule has 0 N–H and O–H groups in total. The van der Waals surface area contributed by atoms with Crippen molar-refractivity contribution in [1.29, 1.82) is 0 Å². The Labute approximate surface area is 160 Å². The molecule has 0 spiro atoms. The van der Waals surface area contributed by atoms with E-state index in [1.54, 1.807) is 24.3 Å². The van der Waals surface area contributed by atoms with Gasteiger partial charge in [0.25, 0.3) is 10.0 Å².